The summed E-state index contributed by atoms with van der Waals surface area (Å²) in [6, 6.07) is 28.7. The molecule has 3 aromatic carbocycles. The number of amides is 2. The van der Waals surface area contributed by atoms with Gasteiger partial charge in [-0.1, -0.05) is 79.6 Å². The number of hydrogen-bond donors (Lipinski definition) is 2. The van der Waals surface area contributed by atoms with Crippen LogP contribution in [-0.4, -0.2) is 23.3 Å². The molecule has 2 unspecified atom stereocenters. The highest BCUT2D eigenvalue weighted by atomic mass is 16.2. The summed E-state index contributed by atoms with van der Waals surface area (Å²) in [5, 5.41) is 6.84. The molecule has 1 aliphatic carbocycles. The molecule has 3 aliphatic rings. The Kier molecular flexibility index (Phi) is 6.22. The van der Waals surface area contributed by atoms with Crippen LogP contribution in [0.3, 0.4) is 0 Å². The maximum Gasteiger partial charge on any atom is 0.228 e. The summed E-state index contributed by atoms with van der Waals surface area (Å²) in [5.41, 5.74) is 4.35. The average Bonchev–Trinajstić information content (AvgIpc) is 3.39. The molecule has 36 heavy (non-hydrogen) atoms. The molecule has 6 rings (SSSR count). The Hall–Kier alpha value is -3.60. The first-order valence-corrected chi connectivity index (χ1v) is 13.3. The second kappa shape index (κ2) is 9.81. The number of carbonyl (C=O) groups excluding carboxylic acids is 2. The molecule has 1 saturated carbocycles. The molecule has 184 valence electrons. The van der Waals surface area contributed by atoms with E-state index < -0.39 is 0 Å². The highest BCUT2D eigenvalue weighted by Crippen LogP contribution is 2.52. The topological polar surface area (TPSA) is 61.4 Å². The molecule has 5 heteroatoms. The van der Waals surface area contributed by atoms with Crippen LogP contribution in [0.5, 0.6) is 0 Å². The van der Waals surface area contributed by atoms with Crippen molar-refractivity contribution in [1.29, 1.82) is 0 Å². The van der Waals surface area contributed by atoms with E-state index in [4.69, 9.17) is 0 Å². The van der Waals surface area contributed by atoms with E-state index in [-0.39, 0.29) is 35.7 Å². The fourth-order valence-electron chi connectivity index (χ4n) is 6.67. The molecule has 2 amide bonds. The molecule has 5 atom stereocenters. The van der Waals surface area contributed by atoms with Gasteiger partial charge in [-0.15, -0.1) is 0 Å². The molecule has 3 aromatic rings. The van der Waals surface area contributed by atoms with Crippen molar-refractivity contribution in [1.82, 2.24) is 4.90 Å². The van der Waals surface area contributed by atoms with Crippen molar-refractivity contribution in [2.75, 3.05) is 17.2 Å². The minimum absolute atomic E-state index is 0.0251. The molecule has 0 spiro atoms. The zero-order chi connectivity index (χ0) is 24.5. The van der Waals surface area contributed by atoms with Gasteiger partial charge >= 0.3 is 0 Å². The zero-order valence-corrected chi connectivity index (χ0v) is 20.5. The summed E-state index contributed by atoms with van der Waals surface area (Å²) in [5.74, 6) is -0.126. The van der Waals surface area contributed by atoms with Crippen molar-refractivity contribution in [3.05, 3.63) is 96.1 Å². The number of hydrogen-bond acceptors (Lipinski definition) is 3. The molecule has 2 N–H and O–H groups in total. The molecular formula is C31H33N3O2. The van der Waals surface area contributed by atoms with Crippen molar-refractivity contribution >= 4 is 23.2 Å². The number of anilines is 2. The predicted molar refractivity (Wildman–Crippen MR) is 142 cm³/mol. The van der Waals surface area contributed by atoms with Crippen LogP contribution >= 0.6 is 0 Å². The lowest BCUT2D eigenvalue weighted by molar-refractivity contribution is -0.143. The summed E-state index contributed by atoms with van der Waals surface area (Å²) < 4.78 is 0. The van der Waals surface area contributed by atoms with Crippen molar-refractivity contribution in [3.8, 4) is 0 Å². The Morgan fingerprint density at radius 2 is 1.44 bits per heavy atom. The number of para-hydroxylation sites is 2. The molecule has 1 saturated heterocycles. The van der Waals surface area contributed by atoms with Crippen LogP contribution in [0.2, 0.25) is 0 Å². The Balaban J connectivity index is 1.29. The highest BCUT2D eigenvalue weighted by Gasteiger charge is 2.49. The van der Waals surface area contributed by atoms with Crippen LogP contribution in [0.15, 0.2) is 84.9 Å². The molecular weight excluding hydrogens is 446 g/mol. The van der Waals surface area contributed by atoms with E-state index in [2.05, 4.69) is 64.1 Å². The lowest BCUT2D eigenvalue weighted by Crippen LogP contribution is -2.45. The summed E-state index contributed by atoms with van der Waals surface area (Å²) in [4.78, 5) is 29.6. The number of carbonyl (C=O) groups is 2. The van der Waals surface area contributed by atoms with E-state index in [0.29, 0.717) is 5.92 Å². The van der Waals surface area contributed by atoms with Gasteiger partial charge in [-0.25, -0.2) is 0 Å². The lowest BCUT2D eigenvalue weighted by Gasteiger charge is -2.41. The van der Waals surface area contributed by atoms with Gasteiger partial charge in [-0.3, -0.25) is 9.59 Å². The standard InChI is InChI=1S/C31H33N3O2/c35-30(32-22-13-5-2-6-14-22)23-15-7-8-16-24(23)31(36)34-20-19-26-28(21-11-3-1-4-12-21)33-27-18-10-9-17-25(27)29(26)34/h1-6,9-14,17-18,23-24,26,28-29,33H,7-8,15-16,19-20H2,(H,32,35)/t23?,24?,26-,28+,29+/m1/s1. The number of nitrogens with one attached hydrogen (secondary N) is 2. The maximum atomic E-state index is 14.2. The van der Waals surface area contributed by atoms with Gasteiger partial charge < -0.3 is 15.5 Å². The van der Waals surface area contributed by atoms with Crippen LogP contribution in [0.25, 0.3) is 0 Å². The van der Waals surface area contributed by atoms with E-state index in [1.807, 2.05) is 36.4 Å². The van der Waals surface area contributed by atoms with Crippen LogP contribution in [0.4, 0.5) is 11.4 Å². The number of rotatable bonds is 4. The minimum Gasteiger partial charge on any atom is -0.378 e. The van der Waals surface area contributed by atoms with Gasteiger partial charge in [0, 0.05) is 35.7 Å². The second-order valence-corrected chi connectivity index (χ2v) is 10.4. The second-order valence-electron chi connectivity index (χ2n) is 10.4. The first-order chi connectivity index (χ1) is 17.7. The Morgan fingerprint density at radius 1 is 0.778 bits per heavy atom. The van der Waals surface area contributed by atoms with E-state index in [9.17, 15) is 9.59 Å². The maximum absolute atomic E-state index is 14.2. The number of likely N-dealkylation sites (tertiary alicyclic amines) is 1. The largest absolute Gasteiger partial charge is 0.378 e. The average molecular weight is 480 g/mol. The quantitative estimate of drug-likeness (QED) is 0.469. The zero-order valence-electron chi connectivity index (χ0n) is 20.5. The monoisotopic (exact) mass is 479 g/mol. The molecule has 2 aliphatic heterocycles. The first kappa shape index (κ1) is 22.8. The van der Waals surface area contributed by atoms with Gasteiger partial charge in [0.2, 0.25) is 11.8 Å². The van der Waals surface area contributed by atoms with Crippen molar-refractivity contribution < 1.29 is 9.59 Å². The van der Waals surface area contributed by atoms with Gasteiger partial charge in [0.1, 0.15) is 0 Å². The van der Waals surface area contributed by atoms with Crippen molar-refractivity contribution in [3.63, 3.8) is 0 Å². The van der Waals surface area contributed by atoms with Crippen molar-refractivity contribution in [2.24, 2.45) is 17.8 Å². The van der Waals surface area contributed by atoms with Crippen molar-refractivity contribution in [2.45, 2.75) is 44.2 Å². The number of benzene rings is 3. The van der Waals surface area contributed by atoms with E-state index in [1.54, 1.807) is 0 Å². The Morgan fingerprint density at radius 3 is 2.22 bits per heavy atom. The molecule has 0 aromatic heterocycles. The molecule has 5 nitrogen and oxygen atoms in total. The third-order valence-corrected chi connectivity index (χ3v) is 8.37. The number of nitrogens with zero attached hydrogens (tertiary/aromatic N) is 1. The SMILES string of the molecule is O=C(Nc1ccccc1)C1CCCCC1C(=O)N1CC[C@@H]2[C@H](c3ccccc3)Nc3ccccc3[C@@H]21. The van der Waals surface area contributed by atoms with Crippen LogP contribution in [0, 0.1) is 17.8 Å². The smallest absolute Gasteiger partial charge is 0.228 e. The third-order valence-electron chi connectivity index (χ3n) is 8.37. The summed E-state index contributed by atoms with van der Waals surface area (Å²) in [6.45, 7) is 0.733. The minimum atomic E-state index is -0.285. The van der Waals surface area contributed by atoms with E-state index >= 15 is 0 Å². The van der Waals surface area contributed by atoms with Gasteiger partial charge in [-0.05, 0) is 48.6 Å². The molecule has 2 fully saturated rings. The molecule has 0 radical (unpaired) electrons. The molecule has 0 bridgehead atoms. The fourth-order valence-corrected chi connectivity index (χ4v) is 6.67. The fraction of sp³-hybridized carbons (Fsp3) is 0.355. The van der Waals surface area contributed by atoms with E-state index in [1.165, 1.54) is 11.1 Å². The predicted octanol–water partition coefficient (Wildman–Crippen LogP) is 6.19. The van der Waals surface area contributed by atoms with Crippen LogP contribution in [0.1, 0.15) is 55.3 Å². The van der Waals surface area contributed by atoms with Gasteiger partial charge in [0.05, 0.1) is 12.1 Å². The van der Waals surface area contributed by atoms with Gasteiger partial charge in [-0.2, -0.15) is 0 Å². The van der Waals surface area contributed by atoms with E-state index in [0.717, 1.165) is 50.0 Å². The molecule has 2 heterocycles. The summed E-state index contributed by atoms with van der Waals surface area (Å²) >= 11 is 0. The Bertz CT molecular complexity index is 1230. The van der Waals surface area contributed by atoms with Gasteiger partial charge in [0.25, 0.3) is 0 Å². The summed E-state index contributed by atoms with van der Waals surface area (Å²) in [7, 11) is 0. The normalized spacial score (nSPS) is 26.9. The van der Waals surface area contributed by atoms with Crippen LogP contribution < -0.4 is 10.6 Å². The lowest BCUT2D eigenvalue weighted by atomic mass is 9.76. The van der Waals surface area contributed by atoms with Gasteiger partial charge in [0.15, 0.2) is 0 Å². The van der Waals surface area contributed by atoms with Crippen LogP contribution in [-0.2, 0) is 9.59 Å². The summed E-state index contributed by atoms with van der Waals surface area (Å²) in [6.07, 6.45) is 4.48. The first-order valence-electron chi connectivity index (χ1n) is 13.3. The number of fused-ring (bicyclic) bond motifs is 3. The third kappa shape index (κ3) is 4.17. The highest BCUT2D eigenvalue weighted by molar-refractivity contribution is 5.96. The Labute approximate surface area is 212 Å².